The summed E-state index contributed by atoms with van der Waals surface area (Å²) in [5.41, 5.74) is 4.72. The molecule has 0 fully saturated rings. The number of carboxylic acids is 1. The molecular formula is C25H30N2O5. The van der Waals surface area contributed by atoms with Gasteiger partial charge >= 0.3 is 12.1 Å². The quantitative estimate of drug-likeness (QED) is 0.521. The molecule has 2 aromatic rings. The number of aliphatic carboxylic acids is 1. The zero-order valence-electron chi connectivity index (χ0n) is 18.5. The predicted octanol–water partition coefficient (Wildman–Crippen LogP) is 3.92. The summed E-state index contributed by atoms with van der Waals surface area (Å²) in [6.07, 6.45) is 1.12. The second kappa shape index (κ2) is 10.8. The number of carboxylic acid groups (broad SMARTS) is 1. The Morgan fingerprint density at radius 2 is 1.56 bits per heavy atom. The van der Waals surface area contributed by atoms with Crippen LogP contribution in [0.25, 0.3) is 11.1 Å². The molecule has 0 heterocycles. The van der Waals surface area contributed by atoms with Crippen LogP contribution in [0.3, 0.4) is 0 Å². The van der Waals surface area contributed by atoms with Gasteiger partial charge < -0.3 is 20.5 Å². The van der Waals surface area contributed by atoms with Crippen molar-refractivity contribution in [3.8, 4) is 11.1 Å². The minimum absolute atomic E-state index is 0.0266. The topological polar surface area (TPSA) is 105 Å². The summed E-state index contributed by atoms with van der Waals surface area (Å²) in [5, 5.41) is 14.0. The number of hydrogen-bond donors (Lipinski definition) is 3. The maximum Gasteiger partial charge on any atom is 0.407 e. The second-order valence-electron chi connectivity index (χ2n) is 8.31. The predicted molar refractivity (Wildman–Crippen MR) is 121 cm³/mol. The van der Waals surface area contributed by atoms with Crippen LogP contribution >= 0.6 is 0 Å². The lowest BCUT2D eigenvalue weighted by atomic mass is 9.98. The van der Waals surface area contributed by atoms with Gasteiger partial charge in [0.05, 0.1) is 0 Å². The lowest BCUT2D eigenvalue weighted by Crippen LogP contribution is -2.38. The normalized spacial score (nSPS) is 14.1. The fraction of sp³-hybridized carbons (Fsp3) is 0.400. The monoisotopic (exact) mass is 438 g/mol. The third-order valence-electron chi connectivity index (χ3n) is 5.86. The fourth-order valence-electron chi connectivity index (χ4n) is 3.97. The molecule has 1 aliphatic carbocycles. The molecule has 0 aromatic heterocycles. The number of ether oxygens (including phenoxy) is 1. The van der Waals surface area contributed by atoms with Gasteiger partial charge in [-0.15, -0.1) is 0 Å². The van der Waals surface area contributed by atoms with Crippen molar-refractivity contribution < 1.29 is 24.2 Å². The van der Waals surface area contributed by atoms with E-state index in [2.05, 4.69) is 34.9 Å². The minimum atomic E-state index is -1.06. The zero-order valence-corrected chi connectivity index (χ0v) is 18.5. The lowest BCUT2D eigenvalue weighted by Gasteiger charge is -2.16. The molecule has 3 N–H and O–H groups in total. The van der Waals surface area contributed by atoms with E-state index >= 15 is 0 Å². The molecule has 2 aromatic carbocycles. The molecule has 32 heavy (non-hydrogen) atoms. The Kier molecular flexibility index (Phi) is 7.87. The van der Waals surface area contributed by atoms with Gasteiger partial charge in [0.15, 0.2) is 0 Å². The van der Waals surface area contributed by atoms with Crippen LogP contribution in [0, 0.1) is 5.92 Å². The second-order valence-corrected chi connectivity index (χ2v) is 8.31. The van der Waals surface area contributed by atoms with Crippen LogP contribution in [0.15, 0.2) is 48.5 Å². The van der Waals surface area contributed by atoms with Crippen LogP contribution < -0.4 is 10.6 Å². The van der Waals surface area contributed by atoms with E-state index in [0.29, 0.717) is 19.4 Å². The molecule has 0 saturated heterocycles. The smallest absolute Gasteiger partial charge is 0.407 e. The third kappa shape index (κ3) is 5.87. The number of nitrogens with one attached hydrogen (secondary N) is 2. The summed E-state index contributed by atoms with van der Waals surface area (Å²) in [7, 11) is 0. The molecule has 0 aliphatic heterocycles. The van der Waals surface area contributed by atoms with E-state index in [1.165, 1.54) is 29.2 Å². The van der Waals surface area contributed by atoms with E-state index in [1.54, 1.807) is 0 Å². The molecular weight excluding hydrogens is 408 g/mol. The van der Waals surface area contributed by atoms with Crippen molar-refractivity contribution in [2.24, 2.45) is 5.92 Å². The highest BCUT2D eigenvalue weighted by molar-refractivity contribution is 5.83. The van der Waals surface area contributed by atoms with Crippen LogP contribution in [-0.4, -0.2) is 42.3 Å². The summed E-state index contributed by atoms with van der Waals surface area (Å²) in [6, 6.07) is 15.5. The van der Waals surface area contributed by atoms with E-state index in [9.17, 15) is 14.4 Å². The number of carbonyl (C=O) groups is 3. The number of amides is 2. The Morgan fingerprint density at radius 1 is 0.969 bits per heavy atom. The summed E-state index contributed by atoms with van der Waals surface area (Å²) in [5.74, 6) is -1.11. The number of benzene rings is 2. The molecule has 1 unspecified atom stereocenters. The fourth-order valence-corrected chi connectivity index (χ4v) is 3.97. The zero-order chi connectivity index (χ0) is 23.1. The van der Waals surface area contributed by atoms with Crippen LogP contribution in [0.2, 0.25) is 0 Å². The van der Waals surface area contributed by atoms with Crippen molar-refractivity contribution in [1.29, 1.82) is 0 Å². The van der Waals surface area contributed by atoms with Gasteiger partial charge in [0.25, 0.3) is 0 Å². The summed E-state index contributed by atoms with van der Waals surface area (Å²) in [4.78, 5) is 34.7. The van der Waals surface area contributed by atoms with Crippen molar-refractivity contribution >= 4 is 18.0 Å². The van der Waals surface area contributed by atoms with E-state index in [1.807, 2.05) is 31.2 Å². The van der Waals surface area contributed by atoms with Crippen LogP contribution in [0.1, 0.15) is 50.2 Å². The van der Waals surface area contributed by atoms with Gasteiger partial charge in [0, 0.05) is 18.9 Å². The number of rotatable bonds is 10. The number of hydrogen-bond acceptors (Lipinski definition) is 4. The van der Waals surface area contributed by atoms with Crippen molar-refractivity contribution in [2.75, 3.05) is 13.2 Å². The highest BCUT2D eigenvalue weighted by Gasteiger charge is 2.28. The van der Waals surface area contributed by atoms with Crippen molar-refractivity contribution in [1.82, 2.24) is 10.6 Å². The molecule has 170 valence electrons. The van der Waals surface area contributed by atoms with Gasteiger partial charge in [-0.3, -0.25) is 9.59 Å². The molecule has 7 nitrogen and oxygen atoms in total. The Morgan fingerprint density at radius 3 is 2.16 bits per heavy atom. The SMILES string of the molecule is CC(CCNC(=O)OCC1c2ccccc2-c2ccccc21)CCC(=O)N[C@@H](C)C(=O)O. The molecule has 0 spiro atoms. The average molecular weight is 439 g/mol. The minimum Gasteiger partial charge on any atom is -0.480 e. The van der Waals surface area contributed by atoms with Crippen molar-refractivity contribution in [3.63, 3.8) is 0 Å². The number of alkyl carbamates (subject to hydrolysis) is 1. The van der Waals surface area contributed by atoms with E-state index in [-0.39, 0.29) is 30.8 Å². The van der Waals surface area contributed by atoms with Crippen LogP contribution in [0.4, 0.5) is 4.79 Å². The van der Waals surface area contributed by atoms with Gasteiger partial charge in [-0.05, 0) is 47.9 Å². The first kappa shape index (κ1) is 23.3. The summed E-state index contributed by atoms with van der Waals surface area (Å²) in [6.45, 7) is 4.15. The summed E-state index contributed by atoms with van der Waals surface area (Å²) >= 11 is 0. The van der Waals surface area contributed by atoms with Crippen LogP contribution in [-0.2, 0) is 14.3 Å². The van der Waals surface area contributed by atoms with Gasteiger partial charge in [-0.25, -0.2) is 4.79 Å². The standard InChI is InChI=1S/C25H30N2O5/c1-16(11-12-23(28)27-17(2)24(29)30)13-14-26-25(31)32-15-22-20-9-5-3-7-18(20)19-8-4-6-10-21(19)22/h3-10,16-17,22H,11-15H2,1-2H3,(H,26,31)(H,27,28)(H,29,30)/t16?,17-/m0/s1. The highest BCUT2D eigenvalue weighted by Crippen LogP contribution is 2.44. The molecule has 2 atom stereocenters. The van der Waals surface area contributed by atoms with E-state index in [4.69, 9.17) is 9.84 Å². The molecule has 2 amide bonds. The van der Waals surface area contributed by atoms with Gasteiger partial charge in [0.2, 0.25) is 5.91 Å². The van der Waals surface area contributed by atoms with Crippen molar-refractivity contribution in [2.45, 2.75) is 45.1 Å². The van der Waals surface area contributed by atoms with E-state index in [0.717, 1.165) is 0 Å². The molecule has 1 aliphatic rings. The first-order valence-corrected chi connectivity index (χ1v) is 11.0. The Hall–Kier alpha value is -3.35. The van der Waals surface area contributed by atoms with Crippen LogP contribution in [0.5, 0.6) is 0 Å². The van der Waals surface area contributed by atoms with Gasteiger partial charge in [0.1, 0.15) is 12.6 Å². The van der Waals surface area contributed by atoms with Crippen molar-refractivity contribution in [3.05, 3.63) is 59.7 Å². The summed E-state index contributed by atoms with van der Waals surface area (Å²) < 4.78 is 5.52. The average Bonchev–Trinajstić information content (AvgIpc) is 3.10. The Bertz CT molecular complexity index is 929. The molecule has 0 bridgehead atoms. The van der Waals surface area contributed by atoms with Gasteiger partial charge in [-0.1, -0.05) is 55.5 Å². The molecule has 3 rings (SSSR count). The molecule has 7 heteroatoms. The third-order valence-corrected chi connectivity index (χ3v) is 5.86. The number of fused-ring (bicyclic) bond motifs is 3. The van der Waals surface area contributed by atoms with E-state index < -0.39 is 18.1 Å². The Labute approximate surface area is 188 Å². The maximum atomic E-state index is 12.2. The Balaban J connectivity index is 1.39. The molecule has 0 saturated carbocycles. The number of carbonyl (C=O) groups excluding carboxylic acids is 2. The lowest BCUT2D eigenvalue weighted by molar-refractivity contribution is -0.141. The maximum absolute atomic E-state index is 12.2. The highest BCUT2D eigenvalue weighted by atomic mass is 16.5. The first-order chi connectivity index (χ1) is 15.4. The molecule has 0 radical (unpaired) electrons. The first-order valence-electron chi connectivity index (χ1n) is 11.0. The van der Waals surface area contributed by atoms with Gasteiger partial charge in [-0.2, -0.15) is 0 Å². The largest absolute Gasteiger partial charge is 0.480 e.